The SMILES string of the molecule is CCNC(C)C(C)(C)CN1CCCN(C)CC1. The van der Waals surface area contributed by atoms with Crippen molar-refractivity contribution in [2.75, 3.05) is 46.3 Å². The molecule has 1 saturated heterocycles. The Morgan fingerprint density at radius 2 is 1.88 bits per heavy atom. The lowest BCUT2D eigenvalue weighted by Gasteiger charge is -2.37. The van der Waals surface area contributed by atoms with E-state index in [0.717, 1.165) is 6.54 Å². The Kier molecular flexibility index (Phi) is 5.90. The molecule has 0 bridgehead atoms. The summed E-state index contributed by atoms with van der Waals surface area (Å²) < 4.78 is 0. The number of nitrogens with one attached hydrogen (secondary N) is 1. The zero-order valence-electron chi connectivity index (χ0n) is 12.4. The van der Waals surface area contributed by atoms with Gasteiger partial charge >= 0.3 is 0 Å². The Balaban J connectivity index is 2.45. The maximum atomic E-state index is 3.56. The van der Waals surface area contributed by atoms with Crippen LogP contribution in [-0.4, -0.2) is 62.2 Å². The third-order valence-electron chi connectivity index (χ3n) is 4.13. The van der Waals surface area contributed by atoms with Gasteiger partial charge in [-0.05, 0) is 45.4 Å². The van der Waals surface area contributed by atoms with E-state index in [1.54, 1.807) is 0 Å². The molecule has 0 radical (unpaired) electrons. The summed E-state index contributed by atoms with van der Waals surface area (Å²) in [5, 5.41) is 3.56. The van der Waals surface area contributed by atoms with Gasteiger partial charge in [-0.2, -0.15) is 0 Å². The van der Waals surface area contributed by atoms with Gasteiger partial charge in [0, 0.05) is 25.7 Å². The van der Waals surface area contributed by atoms with Crippen LogP contribution in [0.4, 0.5) is 0 Å². The smallest absolute Gasteiger partial charge is 0.0109 e. The second kappa shape index (κ2) is 6.72. The van der Waals surface area contributed by atoms with Crippen LogP contribution in [0.2, 0.25) is 0 Å². The van der Waals surface area contributed by atoms with E-state index in [2.05, 4.69) is 49.9 Å². The lowest BCUT2D eigenvalue weighted by Crippen LogP contribution is -2.47. The molecule has 0 aromatic rings. The van der Waals surface area contributed by atoms with E-state index in [4.69, 9.17) is 0 Å². The van der Waals surface area contributed by atoms with Crippen LogP contribution >= 0.6 is 0 Å². The molecule has 1 N–H and O–H groups in total. The van der Waals surface area contributed by atoms with Crippen molar-refractivity contribution in [1.29, 1.82) is 0 Å². The zero-order valence-corrected chi connectivity index (χ0v) is 12.4. The molecule has 1 rings (SSSR count). The minimum Gasteiger partial charge on any atom is -0.314 e. The lowest BCUT2D eigenvalue weighted by molar-refractivity contribution is 0.147. The largest absolute Gasteiger partial charge is 0.314 e. The van der Waals surface area contributed by atoms with Crippen LogP contribution < -0.4 is 5.32 Å². The molecule has 1 fully saturated rings. The third kappa shape index (κ3) is 4.94. The second-order valence-corrected chi connectivity index (χ2v) is 6.20. The van der Waals surface area contributed by atoms with E-state index in [9.17, 15) is 0 Å². The van der Waals surface area contributed by atoms with Gasteiger partial charge < -0.3 is 15.1 Å². The molecule has 0 aromatic heterocycles. The number of nitrogens with zero attached hydrogens (tertiary/aromatic N) is 2. The summed E-state index contributed by atoms with van der Waals surface area (Å²) in [6, 6.07) is 0.577. The quantitative estimate of drug-likeness (QED) is 0.789. The maximum absolute atomic E-state index is 3.56. The predicted octanol–water partition coefficient (Wildman–Crippen LogP) is 1.65. The molecule has 1 aliphatic rings. The molecule has 3 heteroatoms. The third-order valence-corrected chi connectivity index (χ3v) is 4.13. The summed E-state index contributed by atoms with van der Waals surface area (Å²) in [5.41, 5.74) is 0.346. The van der Waals surface area contributed by atoms with Crippen LogP contribution in [0.5, 0.6) is 0 Å². The van der Waals surface area contributed by atoms with Crippen molar-refractivity contribution < 1.29 is 0 Å². The van der Waals surface area contributed by atoms with Crippen molar-refractivity contribution in [3.8, 4) is 0 Å². The van der Waals surface area contributed by atoms with Crippen molar-refractivity contribution in [3.05, 3.63) is 0 Å². The van der Waals surface area contributed by atoms with E-state index >= 15 is 0 Å². The van der Waals surface area contributed by atoms with E-state index in [-0.39, 0.29) is 0 Å². The fraction of sp³-hybridized carbons (Fsp3) is 1.00. The van der Waals surface area contributed by atoms with Crippen molar-refractivity contribution >= 4 is 0 Å². The highest BCUT2D eigenvalue weighted by Crippen LogP contribution is 2.22. The molecule has 0 aliphatic carbocycles. The predicted molar refractivity (Wildman–Crippen MR) is 75.5 cm³/mol. The Bertz CT molecular complexity index is 216. The molecule has 1 aliphatic heterocycles. The van der Waals surface area contributed by atoms with Crippen LogP contribution in [0.1, 0.15) is 34.1 Å². The monoisotopic (exact) mass is 241 g/mol. The fourth-order valence-corrected chi connectivity index (χ4v) is 2.55. The molecule has 1 unspecified atom stereocenters. The van der Waals surface area contributed by atoms with Gasteiger partial charge in [0.05, 0.1) is 0 Å². The molecule has 1 atom stereocenters. The van der Waals surface area contributed by atoms with Crippen LogP contribution in [-0.2, 0) is 0 Å². The molecule has 17 heavy (non-hydrogen) atoms. The van der Waals surface area contributed by atoms with Crippen LogP contribution in [0.15, 0.2) is 0 Å². The summed E-state index contributed by atoms with van der Waals surface area (Å²) in [6.45, 7) is 16.5. The van der Waals surface area contributed by atoms with Crippen molar-refractivity contribution in [1.82, 2.24) is 15.1 Å². The second-order valence-electron chi connectivity index (χ2n) is 6.20. The van der Waals surface area contributed by atoms with E-state index in [1.807, 2.05) is 0 Å². The van der Waals surface area contributed by atoms with Crippen LogP contribution in [0.3, 0.4) is 0 Å². The Morgan fingerprint density at radius 3 is 2.53 bits per heavy atom. The lowest BCUT2D eigenvalue weighted by atomic mass is 9.84. The van der Waals surface area contributed by atoms with Gasteiger partial charge in [0.2, 0.25) is 0 Å². The van der Waals surface area contributed by atoms with Gasteiger partial charge in [0.1, 0.15) is 0 Å². The van der Waals surface area contributed by atoms with Gasteiger partial charge in [0.25, 0.3) is 0 Å². The first-order valence-electron chi connectivity index (χ1n) is 7.10. The number of hydrogen-bond donors (Lipinski definition) is 1. The summed E-state index contributed by atoms with van der Waals surface area (Å²) >= 11 is 0. The molecule has 0 amide bonds. The summed E-state index contributed by atoms with van der Waals surface area (Å²) in [5.74, 6) is 0. The minimum atomic E-state index is 0.346. The van der Waals surface area contributed by atoms with Gasteiger partial charge in [-0.3, -0.25) is 0 Å². The van der Waals surface area contributed by atoms with Crippen LogP contribution in [0, 0.1) is 5.41 Å². The molecule has 0 saturated carbocycles. The number of likely N-dealkylation sites (N-methyl/N-ethyl adjacent to an activating group) is 1. The van der Waals surface area contributed by atoms with Gasteiger partial charge in [-0.1, -0.05) is 20.8 Å². The highest BCUT2D eigenvalue weighted by atomic mass is 15.2. The van der Waals surface area contributed by atoms with Crippen LogP contribution in [0.25, 0.3) is 0 Å². The number of hydrogen-bond acceptors (Lipinski definition) is 3. The molecule has 0 aromatic carbocycles. The van der Waals surface area contributed by atoms with Gasteiger partial charge in [-0.25, -0.2) is 0 Å². The average Bonchev–Trinajstić information content (AvgIpc) is 2.44. The van der Waals surface area contributed by atoms with Gasteiger partial charge in [0.15, 0.2) is 0 Å². The molecule has 3 nitrogen and oxygen atoms in total. The standard InChI is InChI=1S/C14H31N3/c1-6-15-13(2)14(3,4)12-17-9-7-8-16(5)10-11-17/h13,15H,6-12H2,1-5H3. The summed E-state index contributed by atoms with van der Waals surface area (Å²) in [7, 11) is 2.23. The highest BCUT2D eigenvalue weighted by Gasteiger charge is 2.28. The minimum absolute atomic E-state index is 0.346. The Hall–Kier alpha value is -0.120. The molecule has 0 spiro atoms. The molecular formula is C14H31N3. The Labute approximate surface area is 108 Å². The first-order valence-corrected chi connectivity index (χ1v) is 7.10. The average molecular weight is 241 g/mol. The van der Waals surface area contributed by atoms with Crippen molar-refractivity contribution in [2.45, 2.75) is 40.2 Å². The topological polar surface area (TPSA) is 18.5 Å². The maximum Gasteiger partial charge on any atom is 0.0109 e. The molecular weight excluding hydrogens is 210 g/mol. The molecule has 102 valence electrons. The molecule has 1 heterocycles. The van der Waals surface area contributed by atoms with E-state index in [0.29, 0.717) is 11.5 Å². The van der Waals surface area contributed by atoms with Gasteiger partial charge in [-0.15, -0.1) is 0 Å². The van der Waals surface area contributed by atoms with Crippen molar-refractivity contribution in [2.24, 2.45) is 5.41 Å². The fourth-order valence-electron chi connectivity index (χ4n) is 2.55. The first-order chi connectivity index (χ1) is 7.95. The zero-order chi connectivity index (χ0) is 12.9. The van der Waals surface area contributed by atoms with E-state index in [1.165, 1.54) is 39.1 Å². The van der Waals surface area contributed by atoms with Crippen molar-refractivity contribution in [3.63, 3.8) is 0 Å². The first kappa shape index (κ1) is 14.9. The summed E-state index contributed by atoms with van der Waals surface area (Å²) in [6.07, 6.45) is 1.31. The number of rotatable bonds is 5. The normalized spacial score (nSPS) is 22.4. The van der Waals surface area contributed by atoms with E-state index < -0.39 is 0 Å². The highest BCUT2D eigenvalue weighted by molar-refractivity contribution is 4.84. The summed E-state index contributed by atoms with van der Waals surface area (Å²) in [4.78, 5) is 5.08. The Morgan fingerprint density at radius 1 is 1.18 bits per heavy atom.